The lowest BCUT2D eigenvalue weighted by molar-refractivity contribution is -0.768. The van der Waals surface area contributed by atoms with Gasteiger partial charge in [-0.25, -0.2) is 0 Å². The molecule has 1 aromatic carbocycles. The predicted molar refractivity (Wildman–Crippen MR) is 57.4 cm³/mol. The highest BCUT2D eigenvalue weighted by molar-refractivity contribution is 5.60. The Bertz CT molecular complexity index is 354. The molecule has 0 bridgehead atoms. The molecule has 0 aromatic heterocycles. The zero-order chi connectivity index (χ0) is 10.2. The molecular weight excluding hydrogens is 174 g/mol. The van der Waals surface area contributed by atoms with Crippen LogP contribution in [0.25, 0.3) is 5.70 Å². The summed E-state index contributed by atoms with van der Waals surface area (Å²) in [5.41, 5.74) is 1.96. The second-order valence-electron chi connectivity index (χ2n) is 4.51. The summed E-state index contributed by atoms with van der Waals surface area (Å²) in [7, 11) is 0. The maximum Gasteiger partial charge on any atom is 0.135 e. The van der Waals surface area contributed by atoms with Gasteiger partial charge in [-0.05, 0) is 18.2 Å². The molecule has 1 aromatic rings. The molecule has 0 saturated carbocycles. The zero-order valence-electron chi connectivity index (χ0n) is 8.58. The number of quaternary nitrogens is 1. The van der Waals surface area contributed by atoms with E-state index in [-0.39, 0.29) is 10.5 Å². The molecule has 0 fully saturated rings. The predicted octanol–water partition coefficient (Wildman–Crippen LogP) is 1.45. The molecular formula is C12H15NO. The Labute approximate surface area is 84.4 Å². The molecule has 0 aliphatic carbocycles. The van der Waals surface area contributed by atoms with Crippen molar-refractivity contribution in [2.45, 2.75) is 13.8 Å². The second-order valence-corrected chi connectivity index (χ2v) is 4.51. The molecule has 1 atom stereocenters. The van der Waals surface area contributed by atoms with Crippen LogP contribution in [0.2, 0.25) is 0 Å². The third-order valence-electron chi connectivity index (χ3n) is 2.54. The van der Waals surface area contributed by atoms with E-state index in [0.29, 0.717) is 6.54 Å². The highest BCUT2D eigenvalue weighted by Gasteiger charge is 2.30. The van der Waals surface area contributed by atoms with Crippen LogP contribution in [-0.2, 0) is 0 Å². The van der Waals surface area contributed by atoms with Crippen molar-refractivity contribution in [3.63, 3.8) is 0 Å². The Morgan fingerprint density at radius 3 is 2.36 bits per heavy atom. The molecule has 74 valence electrons. The Balaban J connectivity index is 2.36. The largest absolute Gasteiger partial charge is 0.629 e. The van der Waals surface area contributed by atoms with Gasteiger partial charge in [-0.15, -0.1) is 0 Å². The first-order chi connectivity index (χ1) is 6.58. The first-order valence-corrected chi connectivity index (χ1v) is 4.90. The summed E-state index contributed by atoms with van der Waals surface area (Å²) in [4.78, 5) is 0. The minimum atomic E-state index is 0.0300. The summed E-state index contributed by atoms with van der Waals surface area (Å²) in [5.74, 6) is 0. The molecule has 1 aliphatic rings. The molecule has 1 unspecified atom stereocenters. The van der Waals surface area contributed by atoms with Gasteiger partial charge in [-0.1, -0.05) is 32.0 Å². The van der Waals surface area contributed by atoms with Crippen LogP contribution in [0.1, 0.15) is 19.4 Å². The maximum absolute atomic E-state index is 11.7. The minimum Gasteiger partial charge on any atom is -0.629 e. The van der Waals surface area contributed by atoms with Gasteiger partial charge in [0.15, 0.2) is 0 Å². The molecule has 2 nitrogen and oxygen atoms in total. The van der Waals surface area contributed by atoms with Gasteiger partial charge in [0.2, 0.25) is 0 Å². The molecule has 1 N–H and O–H groups in total. The highest BCUT2D eigenvalue weighted by atomic mass is 16.5. The van der Waals surface area contributed by atoms with Crippen molar-refractivity contribution in [2.75, 3.05) is 6.54 Å². The van der Waals surface area contributed by atoms with E-state index in [2.05, 4.69) is 19.9 Å². The molecule has 0 saturated heterocycles. The van der Waals surface area contributed by atoms with Crippen LogP contribution in [0.15, 0.2) is 36.4 Å². The first-order valence-electron chi connectivity index (χ1n) is 4.90. The Kier molecular flexibility index (Phi) is 2.17. The Morgan fingerprint density at radius 1 is 1.21 bits per heavy atom. The van der Waals surface area contributed by atoms with Crippen LogP contribution >= 0.6 is 0 Å². The molecule has 0 spiro atoms. The van der Waals surface area contributed by atoms with Crippen molar-refractivity contribution in [1.29, 1.82) is 0 Å². The third-order valence-corrected chi connectivity index (χ3v) is 2.54. The fourth-order valence-electron chi connectivity index (χ4n) is 1.89. The lowest BCUT2D eigenvalue weighted by Crippen LogP contribution is -3.03. The van der Waals surface area contributed by atoms with Crippen molar-refractivity contribution in [3.05, 3.63) is 47.2 Å². The molecule has 1 heterocycles. The third kappa shape index (κ3) is 1.72. The van der Waals surface area contributed by atoms with E-state index in [1.165, 1.54) is 0 Å². The average Bonchev–Trinajstić information content (AvgIpc) is 2.41. The summed E-state index contributed by atoms with van der Waals surface area (Å²) >= 11 is 0. The molecule has 0 radical (unpaired) electrons. The quantitative estimate of drug-likeness (QED) is 0.665. The monoisotopic (exact) mass is 189 g/mol. The van der Waals surface area contributed by atoms with Crippen LogP contribution < -0.4 is 5.06 Å². The van der Waals surface area contributed by atoms with Crippen molar-refractivity contribution in [1.82, 2.24) is 0 Å². The van der Waals surface area contributed by atoms with Gasteiger partial charge in [0.1, 0.15) is 5.70 Å². The molecule has 1 aliphatic heterocycles. The lowest BCUT2D eigenvalue weighted by atomic mass is 9.95. The van der Waals surface area contributed by atoms with Gasteiger partial charge < -0.3 is 10.3 Å². The van der Waals surface area contributed by atoms with Crippen LogP contribution in [-0.4, -0.2) is 6.54 Å². The van der Waals surface area contributed by atoms with Crippen molar-refractivity contribution >= 4 is 5.70 Å². The van der Waals surface area contributed by atoms with E-state index < -0.39 is 0 Å². The van der Waals surface area contributed by atoms with Gasteiger partial charge >= 0.3 is 0 Å². The molecule has 2 heteroatoms. The van der Waals surface area contributed by atoms with E-state index in [1.54, 1.807) is 0 Å². The van der Waals surface area contributed by atoms with E-state index in [9.17, 15) is 5.21 Å². The molecule has 0 amide bonds. The fourth-order valence-corrected chi connectivity index (χ4v) is 1.89. The Hall–Kier alpha value is -1.12. The van der Waals surface area contributed by atoms with E-state index >= 15 is 0 Å². The smallest absolute Gasteiger partial charge is 0.135 e. The number of hydrogen-bond acceptors (Lipinski definition) is 1. The van der Waals surface area contributed by atoms with E-state index in [1.807, 2.05) is 30.3 Å². The first kappa shape index (κ1) is 9.44. The summed E-state index contributed by atoms with van der Waals surface area (Å²) in [5, 5.41) is 12.0. The second kappa shape index (κ2) is 3.23. The SMILES string of the molecule is CC1(C)C=C(c2ccccc2)[NH+]([O-])C1. The van der Waals surface area contributed by atoms with Gasteiger partial charge in [0, 0.05) is 11.0 Å². The number of nitrogens with one attached hydrogen (secondary N) is 1. The topological polar surface area (TPSA) is 27.5 Å². The molecule has 14 heavy (non-hydrogen) atoms. The van der Waals surface area contributed by atoms with Crippen molar-refractivity contribution < 1.29 is 5.06 Å². The number of hydroxylamine groups is 2. The van der Waals surface area contributed by atoms with Gasteiger partial charge in [0.05, 0.1) is 6.54 Å². The van der Waals surface area contributed by atoms with Crippen LogP contribution in [0.4, 0.5) is 0 Å². The summed E-state index contributed by atoms with van der Waals surface area (Å²) in [6.45, 7) is 4.83. The fraction of sp³-hybridized carbons (Fsp3) is 0.333. The van der Waals surface area contributed by atoms with E-state index in [4.69, 9.17) is 0 Å². The van der Waals surface area contributed by atoms with Gasteiger partial charge in [-0.2, -0.15) is 0 Å². The zero-order valence-corrected chi connectivity index (χ0v) is 8.58. The van der Waals surface area contributed by atoms with Gasteiger partial charge in [0.25, 0.3) is 0 Å². The number of benzene rings is 1. The minimum absolute atomic E-state index is 0.0300. The summed E-state index contributed by atoms with van der Waals surface area (Å²) < 4.78 is 0. The van der Waals surface area contributed by atoms with Crippen LogP contribution in [0, 0.1) is 10.6 Å². The number of rotatable bonds is 1. The Morgan fingerprint density at radius 2 is 1.86 bits per heavy atom. The average molecular weight is 189 g/mol. The number of hydrogen-bond donors (Lipinski definition) is 1. The maximum atomic E-state index is 11.7. The van der Waals surface area contributed by atoms with E-state index in [0.717, 1.165) is 11.3 Å². The van der Waals surface area contributed by atoms with Crippen LogP contribution in [0.3, 0.4) is 0 Å². The van der Waals surface area contributed by atoms with Crippen molar-refractivity contribution in [3.8, 4) is 0 Å². The normalized spacial score (nSPS) is 24.8. The summed E-state index contributed by atoms with van der Waals surface area (Å²) in [6.07, 6.45) is 2.09. The standard InChI is InChI=1S/C12H15NO/c1-12(2)8-11(13(14)9-12)10-6-4-3-5-7-10/h3-8,13H,9H2,1-2H3. The molecule has 2 rings (SSSR count). The summed E-state index contributed by atoms with van der Waals surface area (Å²) in [6, 6.07) is 9.88. The lowest BCUT2D eigenvalue weighted by Gasteiger charge is -2.21. The van der Waals surface area contributed by atoms with Gasteiger partial charge in [-0.3, -0.25) is 0 Å². The highest BCUT2D eigenvalue weighted by Crippen LogP contribution is 2.24. The van der Waals surface area contributed by atoms with Crippen LogP contribution in [0.5, 0.6) is 0 Å². The van der Waals surface area contributed by atoms with Crippen molar-refractivity contribution in [2.24, 2.45) is 5.41 Å².